The molecular formula is C25H30O5. The SMILES string of the molecule is CCCCCCCCc1cc(C(O)CC)c2oc3ccc(C(=O)O)cc3c(=O)c2c1. The number of carboxylic acids is 1. The van der Waals surface area contributed by atoms with Gasteiger partial charge in [0.1, 0.15) is 11.2 Å². The molecule has 2 N–H and O–H groups in total. The van der Waals surface area contributed by atoms with Crippen LogP contribution < -0.4 is 5.43 Å². The number of aliphatic hydroxyl groups is 1. The second kappa shape index (κ2) is 9.90. The van der Waals surface area contributed by atoms with Gasteiger partial charge in [0.05, 0.1) is 22.4 Å². The van der Waals surface area contributed by atoms with Gasteiger partial charge in [-0.25, -0.2) is 4.79 Å². The number of carbonyl (C=O) groups is 1. The molecule has 0 saturated heterocycles. The lowest BCUT2D eigenvalue weighted by Crippen LogP contribution is -2.08. The van der Waals surface area contributed by atoms with E-state index in [4.69, 9.17) is 4.42 Å². The first-order chi connectivity index (χ1) is 14.5. The first kappa shape index (κ1) is 22.0. The highest BCUT2D eigenvalue weighted by Crippen LogP contribution is 2.30. The van der Waals surface area contributed by atoms with Crippen LogP contribution in [-0.4, -0.2) is 16.2 Å². The van der Waals surface area contributed by atoms with Crippen molar-refractivity contribution in [3.8, 4) is 0 Å². The van der Waals surface area contributed by atoms with Crippen LogP contribution in [0.15, 0.2) is 39.5 Å². The number of hydrogen-bond acceptors (Lipinski definition) is 4. The first-order valence-corrected chi connectivity index (χ1v) is 10.9. The molecule has 0 fully saturated rings. The first-order valence-electron chi connectivity index (χ1n) is 10.9. The molecule has 30 heavy (non-hydrogen) atoms. The van der Waals surface area contributed by atoms with Crippen molar-refractivity contribution in [2.24, 2.45) is 0 Å². The Morgan fingerprint density at radius 2 is 1.73 bits per heavy atom. The predicted octanol–water partition coefficient (Wildman–Crippen LogP) is 5.99. The fraction of sp³-hybridized carbons (Fsp3) is 0.440. The Balaban J connectivity index is 2.04. The van der Waals surface area contributed by atoms with Gasteiger partial charge in [-0.3, -0.25) is 4.79 Å². The lowest BCUT2D eigenvalue weighted by Gasteiger charge is -2.14. The van der Waals surface area contributed by atoms with Gasteiger partial charge in [0.15, 0.2) is 0 Å². The highest BCUT2D eigenvalue weighted by atomic mass is 16.4. The van der Waals surface area contributed by atoms with E-state index in [2.05, 4.69) is 6.92 Å². The molecule has 3 rings (SSSR count). The molecule has 0 aliphatic rings. The zero-order valence-corrected chi connectivity index (χ0v) is 17.7. The number of carboxylic acid groups (broad SMARTS) is 1. The smallest absolute Gasteiger partial charge is 0.335 e. The summed E-state index contributed by atoms with van der Waals surface area (Å²) < 4.78 is 5.99. The third kappa shape index (κ3) is 4.73. The van der Waals surface area contributed by atoms with Gasteiger partial charge in [0.2, 0.25) is 5.43 Å². The van der Waals surface area contributed by atoms with Crippen molar-refractivity contribution in [2.45, 2.75) is 71.3 Å². The van der Waals surface area contributed by atoms with E-state index in [-0.39, 0.29) is 16.4 Å². The largest absolute Gasteiger partial charge is 0.478 e. The van der Waals surface area contributed by atoms with E-state index >= 15 is 0 Å². The number of aliphatic hydroxyl groups excluding tert-OH is 1. The number of benzene rings is 2. The van der Waals surface area contributed by atoms with Gasteiger partial charge in [0, 0.05) is 5.56 Å². The van der Waals surface area contributed by atoms with Crippen LogP contribution in [0.4, 0.5) is 0 Å². The molecule has 0 radical (unpaired) electrons. The molecule has 0 bridgehead atoms. The summed E-state index contributed by atoms with van der Waals surface area (Å²) in [7, 11) is 0. The van der Waals surface area contributed by atoms with Crippen molar-refractivity contribution in [3.63, 3.8) is 0 Å². The highest BCUT2D eigenvalue weighted by Gasteiger charge is 2.18. The minimum absolute atomic E-state index is 0.0474. The highest BCUT2D eigenvalue weighted by molar-refractivity contribution is 5.96. The van der Waals surface area contributed by atoms with Crippen molar-refractivity contribution in [2.75, 3.05) is 0 Å². The zero-order chi connectivity index (χ0) is 21.7. The topological polar surface area (TPSA) is 87.7 Å². The molecule has 5 nitrogen and oxygen atoms in total. The van der Waals surface area contributed by atoms with E-state index in [1.54, 1.807) is 0 Å². The number of aromatic carboxylic acids is 1. The second-order valence-corrected chi connectivity index (χ2v) is 7.95. The summed E-state index contributed by atoms with van der Waals surface area (Å²) in [5.74, 6) is -1.09. The van der Waals surface area contributed by atoms with Crippen LogP contribution >= 0.6 is 0 Å². The van der Waals surface area contributed by atoms with E-state index < -0.39 is 12.1 Å². The van der Waals surface area contributed by atoms with Crippen LogP contribution in [0.2, 0.25) is 0 Å². The summed E-state index contributed by atoms with van der Waals surface area (Å²) in [5, 5.41) is 20.5. The molecule has 0 saturated carbocycles. The molecule has 0 spiro atoms. The molecule has 5 heteroatoms. The van der Waals surface area contributed by atoms with E-state index in [0.717, 1.165) is 24.8 Å². The molecule has 0 aliphatic carbocycles. The summed E-state index contributed by atoms with van der Waals surface area (Å²) >= 11 is 0. The van der Waals surface area contributed by atoms with Gasteiger partial charge < -0.3 is 14.6 Å². The van der Waals surface area contributed by atoms with E-state index in [1.807, 2.05) is 19.1 Å². The Morgan fingerprint density at radius 1 is 1.00 bits per heavy atom. The lowest BCUT2D eigenvalue weighted by atomic mass is 9.96. The molecule has 1 unspecified atom stereocenters. The summed E-state index contributed by atoms with van der Waals surface area (Å²) in [5.41, 5.74) is 2.12. The molecule has 0 amide bonds. The fourth-order valence-electron chi connectivity index (χ4n) is 3.90. The van der Waals surface area contributed by atoms with Crippen molar-refractivity contribution in [3.05, 3.63) is 57.2 Å². The Morgan fingerprint density at radius 3 is 2.43 bits per heavy atom. The minimum atomic E-state index is -1.09. The van der Waals surface area contributed by atoms with E-state index in [1.165, 1.54) is 43.9 Å². The summed E-state index contributed by atoms with van der Waals surface area (Å²) in [4.78, 5) is 24.5. The third-order valence-electron chi connectivity index (χ3n) is 5.67. The lowest BCUT2D eigenvalue weighted by molar-refractivity contribution is 0.0697. The molecule has 1 heterocycles. The van der Waals surface area contributed by atoms with Crippen molar-refractivity contribution < 1.29 is 19.4 Å². The van der Waals surface area contributed by atoms with E-state index in [9.17, 15) is 19.8 Å². The summed E-state index contributed by atoms with van der Waals surface area (Å²) in [6, 6.07) is 8.07. The van der Waals surface area contributed by atoms with Crippen LogP contribution in [-0.2, 0) is 6.42 Å². The van der Waals surface area contributed by atoms with E-state index in [0.29, 0.717) is 28.5 Å². The number of rotatable bonds is 10. The third-order valence-corrected chi connectivity index (χ3v) is 5.67. The standard InChI is InChI=1S/C25H30O5/c1-3-5-6-7-8-9-10-16-13-18(21(26)4-2)24-20(14-16)23(27)19-15-17(25(28)29)11-12-22(19)30-24/h11-15,21,26H,3-10H2,1-2H3,(H,28,29). The van der Waals surface area contributed by atoms with Gasteiger partial charge in [-0.1, -0.05) is 46.0 Å². The van der Waals surface area contributed by atoms with Crippen LogP contribution in [0.1, 0.15) is 86.4 Å². The Labute approximate surface area is 176 Å². The van der Waals surface area contributed by atoms with Gasteiger partial charge >= 0.3 is 5.97 Å². The van der Waals surface area contributed by atoms with Gasteiger partial charge in [-0.15, -0.1) is 0 Å². The monoisotopic (exact) mass is 410 g/mol. The molecule has 1 atom stereocenters. The molecule has 1 aromatic heterocycles. The normalized spacial score (nSPS) is 12.5. The Kier molecular flexibility index (Phi) is 7.27. The Bertz CT molecular complexity index is 1100. The summed E-state index contributed by atoms with van der Waals surface area (Å²) in [6.07, 6.45) is 7.71. The van der Waals surface area contributed by atoms with Crippen LogP contribution in [0.3, 0.4) is 0 Å². The number of hydrogen-bond donors (Lipinski definition) is 2. The van der Waals surface area contributed by atoms with Crippen LogP contribution in [0, 0.1) is 0 Å². The fourth-order valence-corrected chi connectivity index (χ4v) is 3.90. The summed E-state index contributed by atoms with van der Waals surface area (Å²) in [6.45, 7) is 4.08. The zero-order valence-electron chi connectivity index (χ0n) is 17.7. The van der Waals surface area contributed by atoms with Crippen LogP contribution in [0.5, 0.6) is 0 Å². The quantitative estimate of drug-likeness (QED) is 0.316. The average molecular weight is 411 g/mol. The Hall–Kier alpha value is -2.66. The number of fused-ring (bicyclic) bond motifs is 2. The maximum absolute atomic E-state index is 13.2. The molecule has 2 aromatic carbocycles. The maximum Gasteiger partial charge on any atom is 0.335 e. The molecule has 0 aliphatic heterocycles. The molecular weight excluding hydrogens is 380 g/mol. The van der Waals surface area contributed by atoms with Crippen molar-refractivity contribution in [1.82, 2.24) is 0 Å². The maximum atomic E-state index is 13.2. The van der Waals surface area contributed by atoms with Crippen LogP contribution in [0.25, 0.3) is 21.9 Å². The van der Waals surface area contributed by atoms with Crippen molar-refractivity contribution in [1.29, 1.82) is 0 Å². The van der Waals surface area contributed by atoms with Gasteiger partial charge in [-0.2, -0.15) is 0 Å². The number of aryl methyl sites for hydroxylation is 1. The van der Waals surface area contributed by atoms with Gasteiger partial charge in [-0.05, 0) is 55.2 Å². The minimum Gasteiger partial charge on any atom is -0.478 e. The molecule has 160 valence electrons. The second-order valence-electron chi connectivity index (χ2n) is 7.95. The average Bonchev–Trinajstić information content (AvgIpc) is 2.75. The van der Waals surface area contributed by atoms with Crippen molar-refractivity contribution >= 4 is 27.9 Å². The number of unbranched alkanes of at least 4 members (excludes halogenated alkanes) is 5. The van der Waals surface area contributed by atoms with Gasteiger partial charge in [0.25, 0.3) is 0 Å². The predicted molar refractivity (Wildman–Crippen MR) is 119 cm³/mol. The molecule has 3 aromatic rings.